The summed E-state index contributed by atoms with van der Waals surface area (Å²) in [6, 6.07) is 0. The molecule has 4 heteroatoms. The minimum absolute atomic E-state index is 0.167. The SMILES string of the molecule is C#CCSCCNC(=O)C1CNC1. The van der Waals surface area contributed by atoms with Gasteiger partial charge in [0.25, 0.3) is 0 Å². The Morgan fingerprint density at radius 3 is 3.00 bits per heavy atom. The average molecular weight is 198 g/mol. The molecule has 1 saturated heterocycles. The van der Waals surface area contributed by atoms with Gasteiger partial charge in [-0.2, -0.15) is 0 Å². The van der Waals surface area contributed by atoms with E-state index in [0.717, 1.165) is 31.1 Å². The zero-order chi connectivity index (χ0) is 9.52. The normalized spacial score (nSPS) is 15.9. The van der Waals surface area contributed by atoms with Gasteiger partial charge in [0.05, 0.1) is 11.7 Å². The van der Waals surface area contributed by atoms with E-state index in [2.05, 4.69) is 16.6 Å². The summed E-state index contributed by atoms with van der Waals surface area (Å²) in [5.74, 6) is 4.52. The molecule has 72 valence electrons. The van der Waals surface area contributed by atoms with Gasteiger partial charge in [0, 0.05) is 25.4 Å². The van der Waals surface area contributed by atoms with Crippen molar-refractivity contribution in [2.45, 2.75) is 0 Å². The number of carbonyl (C=O) groups is 1. The Morgan fingerprint density at radius 1 is 1.69 bits per heavy atom. The summed E-state index contributed by atoms with van der Waals surface area (Å²) >= 11 is 1.67. The van der Waals surface area contributed by atoms with Gasteiger partial charge in [-0.25, -0.2) is 0 Å². The van der Waals surface area contributed by atoms with Gasteiger partial charge in [-0.15, -0.1) is 18.2 Å². The van der Waals surface area contributed by atoms with Gasteiger partial charge in [0.2, 0.25) is 5.91 Å². The number of carbonyl (C=O) groups excluding carboxylic acids is 1. The molecule has 0 radical (unpaired) electrons. The fraction of sp³-hybridized carbons (Fsp3) is 0.667. The second-order valence-corrected chi connectivity index (χ2v) is 4.01. The number of hydrogen-bond acceptors (Lipinski definition) is 3. The summed E-state index contributed by atoms with van der Waals surface area (Å²) in [5, 5.41) is 5.94. The molecule has 0 atom stereocenters. The summed E-state index contributed by atoms with van der Waals surface area (Å²) in [6.45, 7) is 2.37. The fourth-order valence-electron chi connectivity index (χ4n) is 0.996. The van der Waals surface area contributed by atoms with Gasteiger partial charge in [-0.05, 0) is 0 Å². The van der Waals surface area contributed by atoms with Crippen LogP contribution in [0.2, 0.25) is 0 Å². The first-order valence-corrected chi connectivity index (χ1v) is 5.49. The van der Waals surface area contributed by atoms with Crippen molar-refractivity contribution in [1.29, 1.82) is 0 Å². The van der Waals surface area contributed by atoms with Crippen molar-refractivity contribution in [2.75, 3.05) is 31.1 Å². The van der Waals surface area contributed by atoms with E-state index < -0.39 is 0 Å². The van der Waals surface area contributed by atoms with Crippen molar-refractivity contribution >= 4 is 17.7 Å². The number of rotatable bonds is 5. The zero-order valence-corrected chi connectivity index (χ0v) is 8.32. The standard InChI is InChI=1S/C9H14N2OS/c1-2-4-13-5-3-11-9(12)8-6-10-7-8/h1,8,10H,3-7H2,(H,11,12). The first kappa shape index (κ1) is 10.4. The minimum Gasteiger partial charge on any atom is -0.355 e. The Morgan fingerprint density at radius 2 is 2.46 bits per heavy atom. The lowest BCUT2D eigenvalue weighted by atomic mass is 10.0. The number of amides is 1. The lowest BCUT2D eigenvalue weighted by molar-refractivity contribution is -0.126. The van der Waals surface area contributed by atoms with E-state index in [1.165, 1.54) is 0 Å². The van der Waals surface area contributed by atoms with Gasteiger partial charge >= 0.3 is 0 Å². The van der Waals surface area contributed by atoms with Crippen LogP contribution in [0.5, 0.6) is 0 Å². The van der Waals surface area contributed by atoms with Crippen LogP contribution in [0.15, 0.2) is 0 Å². The molecule has 2 N–H and O–H groups in total. The van der Waals surface area contributed by atoms with Crippen molar-refractivity contribution in [3.05, 3.63) is 0 Å². The first-order chi connectivity index (χ1) is 6.34. The Hall–Kier alpha value is -0.660. The van der Waals surface area contributed by atoms with Gasteiger partial charge in [0.15, 0.2) is 0 Å². The molecule has 1 fully saturated rings. The maximum Gasteiger partial charge on any atom is 0.225 e. The predicted molar refractivity (Wildman–Crippen MR) is 55.5 cm³/mol. The maximum atomic E-state index is 11.3. The topological polar surface area (TPSA) is 41.1 Å². The molecule has 0 saturated carbocycles. The third-order valence-corrected chi connectivity index (χ3v) is 2.75. The van der Waals surface area contributed by atoms with Crippen LogP contribution in [0.4, 0.5) is 0 Å². The third-order valence-electron chi connectivity index (χ3n) is 1.88. The molecule has 0 aromatic rings. The highest BCUT2D eigenvalue weighted by Gasteiger charge is 2.23. The second kappa shape index (κ2) is 5.90. The quantitative estimate of drug-likeness (QED) is 0.470. The van der Waals surface area contributed by atoms with Crippen molar-refractivity contribution in [3.63, 3.8) is 0 Å². The summed E-state index contributed by atoms with van der Waals surface area (Å²) in [6.07, 6.45) is 5.08. The van der Waals surface area contributed by atoms with Crippen molar-refractivity contribution in [1.82, 2.24) is 10.6 Å². The van der Waals surface area contributed by atoms with E-state index in [9.17, 15) is 4.79 Å². The molecule has 1 aliphatic heterocycles. The average Bonchev–Trinajstić information content (AvgIpc) is 2.01. The Labute approximate surface area is 83.0 Å². The van der Waals surface area contributed by atoms with E-state index in [-0.39, 0.29) is 11.8 Å². The summed E-state index contributed by atoms with van der Waals surface area (Å²) in [5.41, 5.74) is 0. The highest BCUT2D eigenvalue weighted by molar-refractivity contribution is 7.99. The fourth-order valence-corrected chi connectivity index (χ4v) is 1.50. The maximum absolute atomic E-state index is 11.3. The molecule has 0 unspecified atom stereocenters. The molecule has 0 aromatic heterocycles. The molecule has 0 aromatic carbocycles. The van der Waals surface area contributed by atoms with Gasteiger partial charge in [-0.1, -0.05) is 5.92 Å². The number of terminal acetylenes is 1. The van der Waals surface area contributed by atoms with Crippen molar-refractivity contribution in [2.24, 2.45) is 5.92 Å². The molecule has 1 rings (SSSR count). The zero-order valence-electron chi connectivity index (χ0n) is 7.51. The lowest BCUT2D eigenvalue weighted by Crippen LogP contribution is -2.51. The van der Waals surface area contributed by atoms with Crippen LogP contribution in [-0.2, 0) is 4.79 Å². The highest BCUT2D eigenvalue weighted by Crippen LogP contribution is 2.02. The number of hydrogen-bond donors (Lipinski definition) is 2. The largest absolute Gasteiger partial charge is 0.355 e. The van der Waals surface area contributed by atoms with Crippen LogP contribution >= 0.6 is 11.8 Å². The second-order valence-electron chi connectivity index (χ2n) is 2.90. The van der Waals surface area contributed by atoms with Crippen molar-refractivity contribution < 1.29 is 4.79 Å². The monoisotopic (exact) mass is 198 g/mol. The van der Waals surface area contributed by atoms with E-state index in [0.29, 0.717) is 0 Å². The Balaban J connectivity index is 1.93. The molecule has 1 aliphatic rings. The molecule has 0 spiro atoms. The summed E-state index contributed by atoms with van der Waals surface area (Å²) in [4.78, 5) is 11.3. The van der Waals surface area contributed by atoms with Crippen LogP contribution in [0.3, 0.4) is 0 Å². The molecule has 1 amide bonds. The van der Waals surface area contributed by atoms with Crippen LogP contribution in [0, 0.1) is 18.3 Å². The molecule has 0 aliphatic carbocycles. The predicted octanol–water partition coefficient (Wildman–Crippen LogP) is -0.312. The molecule has 3 nitrogen and oxygen atoms in total. The van der Waals surface area contributed by atoms with Gasteiger partial charge < -0.3 is 10.6 Å². The number of nitrogens with one attached hydrogen (secondary N) is 2. The molecule has 0 bridgehead atoms. The van der Waals surface area contributed by atoms with E-state index in [1.54, 1.807) is 11.8 Å². The molecular formula is C9H14N2OS. The Bertz CT molecular complexity index is 208. The van der Waals surface area contributed by atoms with Gasteiger partial charge in [0.1, 0.15) is 0 Å². The summed E-state index contributed by atoms with van der Waals surface area (Å²) in [7, 11) is 0. The molecular weight excluding hydrogens is 184 g/mol. The van der Waals surface area contributed by atoms with Gasteiger partial charge in [-0.3, -0.25) is 4.79 Å². The van der Waals surface area contributed by atoms with E-state index in [1.807, 2.05) is 0 Å². The highest BCUT2D eigenvalue weighted by atomic mass is 32.2. The number of thioether (sulfide) groups is 1. The lowest BCUT2D eigenvalue weighted by Gasteiger charge is -2.25. The smallest absolute Gasteiger partial charge is 0.225 e. The molecule has 1 heterocycles. The van der Waals surface area contributed by atoms with Crippen molar-refractivity contribution in [3.8, 4) is 12.3 Å². The van der Waals surface area contributed by atoms with E-state index >= 15 is 0 Å². The van der Waals surface area contributed by atoms with Crippen LogP contribution < -0.4 is 10.6 Å². The van der Waals surface area contributed by atoms with Crippen LogP contribution in [0.1, 0.15) is 0 Å². The van der Waals surface area contributed by atoms with E-state index in [4.69, 9.17) is 6.42 Å². The third kappa shape index (κ3) is 3.71. The summed E-state index contributed by atoms with van der Waals surface area (Å²) < 4.78 is 0. The van der Waals surface area contributed by atoms with Crippen LogP contribution in [-0.4, -0.2) is 37.0 Å². The van der Waals surface area contributed by atoms with Crippen LogP contribution in [0.25, 0.3) is 0 Å². The Kier molecular flexibility index (Phi) is 4.73. The molecule has 13 heavy (non-hydrogen) atoms. The minimum atomic E-state index is 0.167. The first-order valence-electron chi connectivity index (χ1n) is 4.34.